The number of nitrogens with zero attached hydrogens (tertiary/aromatic N) is 1. The van der Waals surface area contributed by atoms with Gasteiger partial charge >= 0.3 is 5.97 Å². The number of hydrogen-bond acceptors (Lipinski definition) is 2. The van der Waals surface area contributed by atoms with Crippen LogP contribution in [-0.4, -0.2) is 36.3 Å². The first-order valence-electron chi connectivity index (χ1n) is 7.69. The lowest BCUT2D eigenvalue weighted by atomic mass is 10.1. The molecule has 0 saturated heterocycles. The molecule has 0 amide bonds. The van der Waals surface area contributed by atoms with E-state index in [2.05, 4.69) is 34.3 Å². The quantitative estimate of drug-likeness (QED) is 0.198. The molecule has 0 N–H and O–H groups in total. The Hall–Kier alpha value is -0.830. The first kappa shape index (κ1) is 18.2. The van der Waals surface area contributed by atoms with Gasteiger partial charge < -0.3 is 4.74 Å². The van der Waals surface area contributed by atoms with Crippen molar-refractivity contribution < 1.29 is 14.0 Å². The maximum absolute atomic E-state index is 11.8. The minimum absolute atomic E-state index is 0.0317. The number of carbonyl (C=O) groups excluding carboxylic acids is 1. The molecule has 112 valence electrons. The number of ether oxygens (including phenoxy) is 1. The zero-order chi connectivity index (χ0) is 14.9. The number of quaternary nitrogens is 1. The summed E-state index contributed by atoms with van der Waals surface area (Å²) in [5.74, 6) is -0.251. The molecule has 0 aromatic heterocycles. The molecule has 0 saturated carbocycles. The molecule has 0 aliphatic heterocycles. The second kappa shape index (κ2) is 9.13. The summed E-state index contributed by atoms with van der Waals surface area (Å²) in [6, 6.07) is 0. The van der Waals surface area contributed by atoms with Gasteiger partial charge in [-0.25, -0.2) is 4.79 Å². The van der Waals surface area contributed by atoms with Crippen LogP contribution in [0.1, 0.15) is 60.3 Å². The van der Waals surface area contributed by atoms with E-state index < -0.39 is 0 Å². The summed E-state index contributed by atoms with van der Waals surface area (Å²) in [6.07, 6.45) is 4.41. The van der Waals surface area contributed by atoms with Crippen molar-refractivity contribution in [2.24, 2.45) is 0 Å². The van der Waals surface area contributed by atoms with Crippen molar-refractivity contribution in [2.45, 2.75) is 66.5 Å². The van der Waals surface area contributed by atoms with Crippen molar-refractivity contribution in [2.75, 3.05) is 19.6 Å². The van der Waals surface area contributed by atoms with Gasteiger partial charge in [-0.3, -0.25) is 4.48 Å². The molecule has 0 fully saturated rings. The van der Waals surface area contributed by atoms with Crippen molar-refractivity contribution in [3.8, 4) is 0 Å². The molecule has 0 bridgehead atoms. The summed E-state index contributed by atoms with van der Waals surface area (Å²) >= 11 is 0. The zero-order valence-electron chi connectivity index (χ0n) is 13.5. The average Bonchev–Trinajstić information content (AvgIpc) is 2.41. The van der Waals surface area contributed by atoms with E-state index >= 15 is 0 Å². The van der Waals surface area contributed by atoms with Gasteiger partial charge in [-0.1, -0.05) is 26.3 Å². The Morgan fingerprint density at radius 3 is 2.00 bits per heavy atom. The summed E-state index contributed by atoms with van der Waals surface area (Å²) in [5, 5.41) is 0. The lowest BCUT2D eigenvalue weighted by Gasteiger charge is -2.41. The maximum atomic E-state index is 11.8. The molecule has 3 heteroatoms. The van der Waals surface area contributed by atoms with E-state index in [0.29, 0.717) is 5.57 Å². The standard InChI is InChI=1S/C16H32NO2/c1-7-11-12-13-15(19-16(18)14(5)6)17(8-2,9-3)10-4/h15H,5,7-13H2,1-4,6H3/q+1. The lowest BCUT2D eigenvalue weighted by molar-refractivity contribution is -0.965. The van der Waals surface area contributed by atoms with Gasteiger partial charge in [0.05, 0.1) is 19.6 Å². The van der Waals surface area contributed by atoms with Crippen molar-refractivity contribution >= 4 is 5.97 Å². The highest BCUT2D eigenvalue weighted by Gasteiger charge is 2.35. The summed E-state index contributed by atoms with van der Waals surface area (Å²) in [4.78, 5) is 11.8. The molecule has 19 heavy (non-hydrogen) atoms. The fourth-order valence-corrected chi connectivity index (χ4v) is 2.52. The number of rotatable bonds is 10. The van der Waals surface area contributed by atoms with Crippen molar-refractivity contribution in [3.05, 3.63) is 12.2 Å². The summed E-state index contributed by atoms with van der Waals surface area (Å²) in [5.41, 5.74) is 0.488. The summed E-state index contributed by atoms with van der Waals surface area (Å²) in [6.45, 7) is 17.1. The van der Waals surface area contributed by atoms with Crippen LogP contribution in [0.2, 0.25) is 0 Å². The lowest BCUT2D eigenvalue weighted by Crippen LogP contribution is -2.56. The smallest absolute Gasteiger partial charge is 0.337 e. The Balaban J connectivity index is 4.90. The topological polar surface area (TPSA) is 26.3 Å². The summed E-state index contributed by atoms with van der Waals surface area (Å²) < 4.78 is 6.58. The Labute approximate surface area is 119 Å². The van der Waals surface area contributed by atoms with E-state index in [9.17, 15) is 4.79 Å². The van der Waals surface area contributed by atoms with E-state index in [1.54, 1.807) is 6.92 Å². The van der Waals surface area contributed by atoms with E-state index in [-0.39, 0.29) is 12.2 Å². The highest BCUT2D eigenvalue weighted by Crippen LogP contribution is 2.21. The number of unbranched alkanes of at least 4 members (excludes halogenated alkanes) is 2. The third-order valence-corrected chi connectivity index (χ3v) is 4.15. The van der Waals surface area contributed by atoms with Crippen LogP contribution in [0.4, 0.5) is 0 Å². The van der Waals surface area contributed by atoms with Crippen LogP contribution in [0.25, 0.3) is 0 Å². The molecule has 1 atom stereocenters. The van der Waals surface area contributed by atoms with Gasteiger partial charge in [0.15, 0.2) is 0 Å². The second-order valence-corrected chi connectivity index (χ2v) is 5.30. The average molecular weight is 270 g/mol. The van der Waals surface area contributed by atoms with Gasteiger partial charge in [0.2, 0.25) is 6.23 Å². The fourth-order valence-electron chi connectivity index (χ4n) is 2.52. The van der Waals surface area contributed by atoms with Crippen LogP contribution >= 0.6 is 0 Å². The van der Waals surface area contributed by atoms with Crippen molar-refractivity contribution in [1.29, 1.82) is 0 Å². The Morgan fingerprint density at radius 1 is 1.11 bits per heavy atom. The molecule has 0 rings (SSSR count). The van der Waals surface area contributed by atoms with Crippen LogP contribution in [-0.2, 0) is 9.53 Å². The zero-order valence-corrected chi connectivity index (χ0v) is 13.5. The Kier molecular flexibility index (Phi) is 8.73. The molecule has 0 aromatic rings. The van der Waals surface area contributed by atoms with E-state index in [4.69, 9.17) is 4.74 Å². The molecular formula is C16H32NO2+. The molecule has 1 unspecified atom stereocenters. The van der Waals surface area contributed by atoms with Crippen LogP contribution in [0.15, 0.2) is 12.2 Å². The van der Waals surface area contributed by atoms with E-state index in [1.165, 1.54) is 12.8 Å². The number of carbonyl (C=O) groups is 1. The van der Waals surface area contributed by atoms with Gasteiger partial charge in [0.1, 0.15) is 0 Å². The molecule has 0 radical (unpaired) electrons. The second-order valence-electron chi connectivity index (χ2n) is 5.30. The predicted molar refractivity (Wildman–Crippen MR) is 80.7 cm³/mol. The summed E-state index contributed by atoms with van der Waals surface area (Å²) in [7, 11) is 0. The monoisotopic (exact) mass is 270 g/mol. The van der Waals surface area contributed by atoms with Crippen LogP contribution in [0, 0.1) is 0 Å². The molecule has 0 heterocycles. The molecule has 0 aliphatic rings. The fraction of sp³-hybridized carbons (Fsp3) is 0.812. The Morgan fingerprint density at radius 2 is 1.63 bits per heavy atom. The minimum atomic E-state index is -0.251. The largest absolute Gasteiger partial charge is 0.409 e. The number of hydrogen-bond donors (Lipinski definition) is 0. The Bertz CT molecular complexity index is 274. The minimum Gasteiger partial charge on any atom is -0.409 e. The van der Waals surface area contributed by atoms with Crippen LogP contribution in [0.3, 0.4) is 0 Å². The van der Waals surface area contributed by atoms with Gasteiger partial charge in [0.25, 0.3) is 0 Å². The van der Waals surface area contributed by atoms with Gasteiger partial charge in [-0.2, -0.15) is 0 Å². The molecule has 0 spiro atoms. The molecule has 0 aromatic carbocycles. The van der Waals surface area contributed by atoms with Crippen molar-refractivity contribution in [3.63, 3.8) is 0 Å². The van der Waals surface area contributed by atoms with Crippen LogP contribution in [0.5, 0.6) is 0 Å². The van der Waals surface area contributed by atoms with Crippen molar-refractivity contribution in [1.82, 2.24) is 0 Å². The van der Waals surface area contributed by atoms with Gasteiger partial charge in [0, 0.05) is 12.0 Å². The van der Waals surface area contributed by atoms with E-state index in [1.807, 2.05) is 0 Å². The molecule has 3 nitrogen and oxygen atoms in total. The number of esters is 1. The first-order chi connectivity index (χ1) is 8.97. The molecule has 0 aliphatic carbocycles. The highest BCUT2D eigenvalue weighted by molar-refractivity contribution is 5.86. The van der Waals surface area contributed by atoms with Crippen LogP contribution < -0.4 is 0 Å². The van der Waals surface area contributed by atoms with Gasteiger partial charge in [-0.05, 0) is 34.1 Å². The third-order valence-electron chi connectivity index (χ3n) is 4.15. The molecular weight excluding hydrogens is 238 g/mol. The van der Waals surface area contributed by atoms with E-state index in [0.717, 1.165) is 37.0 Å². The first-order valence-corrected chi connectivity index (χ1v) is 7.69. The third kappa shape index (κ3) is 5.35. The normalized spacial score (nSPS) is 13.1. The SMILES string of the molecule is C=C(C)C(=O)OC(CCCCC)[N+](CC)(CC)CC. The predicted octanol–water partition coefficient (Wildman–Crippen LogP) is 3.89. The highest BCUT2D eigenvalue weighted by atomic mass is 16.6. The van der Waals surface area contributed by atoms with Gasteiger partial charge in [-0.15, -0.1) is 0 Å². The maximum Gasteiger partial charge on any atom is 0.337 e.